The second-order valence-corrected chi connectivity index (χ2v) is 3.95. The molecule has 0 spiro atoms. The van der Waals surface area contributed by atoms with Crippen LogP contribution in [0.15, 0.2) is 3.79 Å². The maximum atomic E-state index is 4.19. The molecule has 1 rings (SSSR count). The number of halogens is 2. The van der Waals surface area contributed by atoms with Crippen molar-refractivity contribution in [3.05, 3.63) is 9.48 Å². The summed E-state index contributed by atoms with van der Waals surface area (Å²) in [6, 6.07) is 0. The normalized spacial score (nSPS) is 8.70. The van der Waals surface area contributed by atoms with E-state index in [1.54, 1.807) is 11.3 Å². The molecule has 1 heterocycles. The summed E-state index contributed by atoms with van der Waals surface area (Å²) in [5, 5.41) is 3.92. The van der Waals surface area contributed by atoms with Crippen LogP contribution >= 0.6 is 39.7 Å². The number of aryl methyl sites for hydroxylation is 1. The molecule has 0 radical (unpaired) electrons. The van der Waals surface area contributed by atoms with Crippen LogP contribution in [0.1, 0.15) is 5.69 Å². The second kappa shape index (κ2) is 4.16. The van der Waals surface area contributed by atoms with E-state index in [-0.39, 0.29) is 12.4 Å². The van der Waals surface area contributed by atoms with Gasteiger partial charge in [0.15, 0.2) is 5.13 Å². The molecule has 58 valence electrons. The SMILES string of the molecule is CNc1nc(C)c(Br)s1.Cl. The predicted octanol–water partition coefficient (Wildman–Crippen LogP) is 2.68. The number of rotatable bonds is 1. The van der Waals surface area contributed by atoms with E-state index in [1.165, 1.54) is 0 Å². The van der Waals surface area contributed by atoms with Crippen LogP contribution < -0.4 is 5.32 Å². The van der Waals surface area contributed by atoms with Crippen molar-refractivity contribution in [2.45, 2.75) is 6.92 Å². The lowest BCUT2D eigenvalue weighted by Gasteiger charge is -1.85. The zero-order chi connectivity index (χ0) is 6.85. The topological polar surface area (TPSA) is 24.9 Å². The Hall–Kier alpha value is 0.200. The van der Waals surface area contributed by atoms with Gasteiger partial charge >= 0.3 is 0 Å². The van der Waals surface area contributed by atoms with Crippen molar-refractivity contribution in [3.8, 4) is 0 Å². The monoisotopic (exact) mass is 242 g/mol. The first-order valence-corrected chi connectivity index (χ1v) is 4.15. The summed E-state index contributed by atoms with van der Waals surface area (Å²) in [6.45, 7) is 1.97. The number of anilines is 1. The quantitative estimate of drug-likeness (QED) is 0.820. The zero-order valence-electron chi connectivity index (χ0n) is 5.64. The molecule has 0 fully saturated rings. The van der Waals surface area contributed by atoms with Crippen LogP contribution in [0, 0.1) is 6.92 Å². The number of hydrogen-bond donors (Lipinski definition) is 1. The van der Waals surface area contributed by atoms with Crippen LogP contribution in [-0.4, -0.2) is 12.0 Å². The van der Waals surface area contributed by atoms with Crippen molar-refractivity contribution in [2.24, 2.45) is 0 Å². The first-order chi connectivity index (χ1) is 4.24. The molecule has 1 aromatic heterocycles. The summed E-state index contributed by atoms with van der Waals surface area (Å²) in [4.78, 5) is 4.19. The zero-order valence-corrected chi connectivity index (χ0v) is 8.86. The fourth-order valence-corrected chi connectivity index (χ4v) is 1.68. The summed E-state index contributed by atoms with van der Waals surface area (Å²) < 4.78 is 1.10. The van der Waals surface area contributed by atoms with Gasteiger partial charge in [-0.25, -0.2) is 4.98 Å². The molecular weight excluding hydrogens is 235 g/mol. The van der Waals surface area contributed by atoms with Crippen LogP contribution in [0.3, 0.4) is 0 Å². The number of aromatic nitrogens is 1. The summed E-state index contributed by atoms with van der Waals surface area (Å²) in [7, 11) is 1.87. The maximum Gasteiger partial charge on any atom is 0.183 e. The second-order valence-electron chi connectivity index (χ2n) is 1.63. The van der Waals surface area contributed by atoms with Gasteiger partial charge in [-0.2, -0.15) is 0 Å². The Kier molecular flexibility index (Phi) is 4.24. The number of thiazole rings is 1. The Bertz CT molecular complexity index is 194. The number of hydrogen-bond acceptors (Lipinski definition) is 3. The lowest BCUT2D eigenvalue weighted by Crippen LogP contribution is -1.84. The molecule has 0 saturated carbocycles. The van der Waals surface area contributed by atoms with Crippen molar-refractivity contribution < 1.29 is 0 Å². The molecule has 10 heavy (non-hydrogen) atoms. The molecule has 1 aromatic rings. The number of nitrogens with zero attached hydrogens (tertiary/aromatic N) is 1. The molecular formula is C5H8BrClN2S. The predicted molar refractivity (Wildman–Crippen MR) is 51.3 cm³/mol. The molecule has 0 saturated heterocycles. The minimum atomic E-state index is 0. The van der Waals surface area contributed by atoms with Crippen LogP contribution in [-0.2, 0) is 0 Å². The summed E-state index contributed by atoms with van der Waals surface area (Å²) in [5.74, 6) is 0. The van der Waals surface area contributed by atoms with Gasteiger partial charge in [0.1, 0.15) is 0 Å². The lowest BCUT2D eigenvalue weighted by atomic mass is 10.6. The molecule has 0 aliphatic heterocycles. The first-order valence-electron chi connectivity index (χ1n) is 2.54. The van der Waals surface area contributed by atoms with Gasteiger partial charge < -0.3 is 5.32 Å². The van der Waals surface area contributed by atoms with Gasteiger partial charge in [0.05, 0.1) is 9.48 Å². The van der Waals surface area contributed by atoms with E-state index in [0.717, 1.165) is 14.6 Å². The highest BCUT2D eigenvalue weighted by atomic mass is 79.9. The molecule has 0 atom stereocenters. The molecule has 1 N–H and O–H groups in total. The van der Waals surface area contributed by atoms with Gasteiger partial charge in [-0.05, 0) is 22.9 Å². The minimum absolute atomic E-state index is 0. The molecule has 0 unspecified atom stereocenters. The van der Waals surface area contributed by atoms with Crippen LogP contribution in [0.2, 0.25) is 0 Å². The van der Waals surface area contributed by atoms with Gasteiger partial charge in [0, 0.05) is 7.05 Å². The van der Waals surface area contributed by atoms with Crippen molar-refractivity contribution >= 4 is 44.8 Å². The highest BCUT2D eigenvalue weighted by molar-refractivity contribution is 9.11. The third kappa shape index (κ3) is 2.11. The van der Waals surface area contributed by atoms with Crippen LogP contribution in [0.25, 0.3) is 0 Å². The highest BCUT2D eigenvalue weighted by Gasteiger charge is 2.00. The molecule has 2 nitrogen and oxygen atoms in total. The van der Waals surface area contributed by atoms with Crippen LogP contribution in [0.4, 0.5) is 5.13 Å². The summed E-state index contributed by atoms with van der Waals surface area (Å²) in [6.07, 6.45) is 0. The van der Waals surface area contributed by atoms with Crippen molar-refractivity contribution in [1.82, 2.24) is 4.98 Å². The van der Waals surface area contributed by atoms with Gasteiger partial charge in [0.2, 0.25) is 0 Å². The van der Waals surface area contributed by atoms with E-state index in [1.807, 2.05) is 14.0 Å². The molecule has 0 aliphatic carbocycles. The molecule has 0 amide bonds. The van der Waals surface area contributed by atoms with Gasteiger partial charge in [-0.15, -0.1) is 12.4 Å². The Morgan fingerprint density at radius 2 is 2.20 bits per heavy atom. The fraction of sp³-hybridized carbons (Fsp3) is 0.400. The van der Waals surface area contributed by atoms with Crippen LogP contribution in [0.5, 0.6) is 0 Å². The summed E-state index contributed by atoms with van der Waals surface area (Å²) >= 11 is 4.98. The fourth-order valence-electron chi connectivity index (χ4n) is 0.485. The summed E-state index contributed by atoms with van der Waals surface area (Å²) in [5.41, 5.74) is 1.05. The average molecular weight is 244 g/mol. The molecule has 0 aliphatic rings. The molecule has 0 aromatic carbocycles. The van der Waals surface area contributed by atoms with E-state index in [9.17, 15) is 0 Å². The smallest absolute Gasteiger partial charge is 0.183 e. The van der Waals surface area contributed by atoms with Gasteiger partial charge in [-0.1, -0.05) is 11.3 Å². The van der Waals surface area contributed by atoms with E-state index < -0.39 is 0 Å². The van der Waals surface area contributed by atoms with Crippen molar-refractivity contribution in [1.29, 1.82) is 0 Å². The standard InChI is InChI=1S/C5H7BrN2S.ClH/c1-3-4(6)9-5(7-2)8-3;/h1-2H3,(H,7,8);1H. The molecule has 0 bridgehead atoms. The third-order valence-electron chi connectivity index (χ3n) is 0.954. The average Bonchev–Trinajstić information content (AvgIpc) is 2.13. The van der Waals surface area contributed by atoms with Crippen molar-refractivity contribution in [3.63, 3.8) is 0 Å². The third-order valence-corrected chi connectivity index (χ3v) is 2.98. The Balaban J connectivity index is 0.000000810. The molecule has 5 heteroatoms. The van der Waals surface area contributed by atoms with E-state index in [0.29, 0.717) is 0 Å². The Labute approximate surface area is 78.6 Å². The Morgan fingerprint density at radius 1 is 1.60 bits per heavy atom. The first kappa shape index (κ1) is 10.2. The van der Waals surface area contributed by atoms with E-state index in [2.05, 4.69) is 26.2 Å². The van der Waals surface area contributed by atoms with Gasteiger partial charge in [-0.3, -0.25) is 0 Å². The van der Waals surface area contributed by atoms with E-state index in [4.69, 9.17) is 0 Å². The van der Waals surface area contributed by atoms with E-state index >= 15 is 0 Å². The Morgan fingerprint density at radius 3 is 2.40 bits per heavy atom. The highest BCUT2D eigenvalue weighted by Crippen LogP contribution is 2.26. The van der Waals surface area contributed by atoms with Gasteiger partial charge in [0.25, 0.3) is 0 Å². The van der Waals surface area contributed by atoms with Crippen molar-refractivity contribution in [2.75, 3.05) is 12.4 Å². The largest absolute Gasteiger partial charge is 0.365 e. The minimum Gasteiger partial charge on any atom is -0.365 e. The number of nitrogens with one attached hydrogen (secondary N) is 1. The maximum absolute atomic E-state index is 4.19. The lowest BCUT2D eigenvalue weighted by molar-refractivity contribution is 1.24.